The first-order valence-electron chi connectivity index (χ1n) is 9.11. The van der Waals surface area contributed by atoms with E-state index in [1.165, 1.54) is 0 Å². The maximum absolute atomic E-state index is 13.1. The number of ether oxygens (including phenoxy) is 1. The summed E-state index contributed by atoms with van der Waals surface area (Å²) in [5, 5.41) is 1.80. The minimum Gasteiger partial charge on any atom is -0.489 e. The largest absolute Gasteiger partial charge is 0.489 e. The molecule has 1 aliphatic heterocycles. The topological polar surface area (TPSA) is 43.4 Å². The highest BCUT2D eigenvalue weighted by Crippen LogP contribution is 2.50. The van der Waals surface area contributed by atoms with Crippen molar-refractivity contribution in [3.8, 4) is 0 Å². The average molecular weight is 348 g/mol. The number of ketones is 2. The van der Waals surface area contributed by atoms with Crippen LogP contribution in [0.1, 0.15) is 63.0 Å². The van der Waals surface area contributed by atoms with Crippen LogP contribution >= 0.6 is 0 Å². The molecule has 1 atom stereocenters. The van der Waals surface area contributed by atoms with Gasteiger partial charge in [-0.05, 0) is 40.8 Å². The highest BCUT2D eigenvalue weighted by Gasteiger charge is 2.50. The second kappa shape index (κ2) is 5.06. The van der Waals surface area contributed by atoms with Crippen LogP contribution in [0.4, 0.5) is 0 Å². The molecule has 0 saturated heterocycles. The molecule has 0 bridgehead atoms. The fourth-order valence-electron chi connectivity index (χ4n) is 3.92. The summed E-state index contributed by atoms with van der Waals surface area (Å²) < 4.78 is 6.08. The van der Waals surface area contributed by atoms with E-state index in [0.29, 0.717) is 16.9 Å². The minimum atomic E-state index is -0.470. The van der Waals surface area contributed by atoms with Crippen molar-refractivity contribution in [1.29, 1.82) is 0 Å². The quantitative estimate of drug-likeness (QED) is 0.625. The molecule has 4 rings (SSSR count). The summed E-state index contributed by atoms with van der Waals surface area (Å²) >= 11 is 0. The first-order chi connectivity index (χ1) is 12.0. The Morgan fingerprint density at radius 1 is 1.00 bits per heavy atom. The molecule has 0 N–H and O–H groups in total. The summed E-state index contributed by atoms with van der Waals surface area (Å²) in [6, 6.07) is 10.1. The summed E-state index contributed by atoms with van der Waals surface area (Å²) in [4.78, 5) is 26.1. The molecule has 1 aliphatic carbocycles. The smallest absolute Gasteiger partial charge is 0.234 e. The van der Waals surface area contributed by atoms with Crippen molar-refractivity contribution >= 4 is 28.1 Å². The van der Waals surface area contributed by atoms with Gasteiger partial charge in [0.15, 0.2) is 0 Å². The predicted molar refractivity (Wildman–Crippen MR) is 103 cm³/mol. The lowest BCUT2D eigenvalue weighted by molar-refractivity contribution is -0.112. The maximum atomic E-state index is 13.1. The second-order valence-electron chi connectivity index (χ2n) is 9.02. The Labute approximate surface area is 154 Å². The standard InChI is InChI=1S/C23H24O3/c1-12-23(5,6)18-20(25)19(24)17-15(21(18)26-12)10-8-13-7-9-14(11-16(13)17)22(2,3)4/h7-12H,1-6H3. The number of carbonyl (C=O) groups excluding carboxylic acids is 2. The van der Waals surface area contributed by atoms with E-state index < -0.39 is 17.0 Å². The van der Waals surface area contributed by atoms with Crippen molar-refractivity contribution in [1.82, 2.24) is 0 Å². The Balaban J connectivity index is 2.06. The molecular formula is C23H24O3. The van der Waals surface area contributed by atoms with Crippen LogP contribution in [0.5, 0.6) is 0 Å². The third-order valence-corrected chi connectivity index (χ3v) is 5.97. The molecule has 3 heteroatoms. The number of hydrogen-bond acceptors (Lipinski definition) is 3. The second-order valence-corrected chi connectivity index (χ2v) is 9.02. The number of benzene rings is 2. The average Bonchev–Trinajstić information content (AvgIpc) is 2.80. The van der Waals surface area contributed by atoms with E-state index in [9.17, 15) is 9.59 Å². The number of carbonyl (C=O) groups is 2. The lowest BCUT2D eigenvalue weighted by Gasteiger charge is -2.25. The molecule has 134 valence electrons. The zero-order valence-electron chi connectivity index (χ0n) is 16.2. The van der Waals surface area contributed by atoms with Crippen molar-refractivity contribution in [2.24, 2.45) is 5.41 Å². The van der Waals surface area contributed by atoms with Crippen molar-refractivity contribution in [2.75, 3.05) is 0 Å². The van der Waals surface area contributed by atoms with Gasteiger partial charge >= 0.3 is 0 Å². The zero-order valence-corrected chi connectivity index (χ0v) is 16.2. The third kappa shape index (κ3) is 2.13. The number of Topliss-reactive ketones (excluding diaryl/α,β-unsaturated/α-hetero) is 2. The van der Waals surface area contributed by atoms with Crippen molar-refractivity contribution in [3.63, 3.8) is 0 Å². The van der Waals surface area contributed by atoms with Gasteiger partial charge < -0.3 is 4.74 Å². The molecular weight excluding hydrogens is 324 g/mol. The highest BCUT2D eigenvalue weighted by atomic mass is 16.5. The van der Waals surface area contributed by atoms with Gasteiger partial charge in [0.05, 0.1) is 5.57 Å². The molecule has 1 unspecified atom stereocenters. The van der Waals surface area contributed by atoms with Gasteiger partial charge in [0.1, 0.15) is 11.9 Å². The summed E-state index contributed by atoms with van der Waals surface area (Å²) in [6.45, 7) is 12.3. The van der Waals surface area contributed by atoms with Gasteiger partial charge in [-0.25, -0.2) is 0 Å². The minimum absolute atomic E-state index is 0.0383. The first-order valence-corrected chi connectivity index (χ1v) is 9.11. The fraction of sp³-hybridized carbons (Fsp3) is 0.391. The number of hydrogen-bond donors (Lipinski definition) is 0. The Bertz CT molecular complexity index is 1020. The van der Waals surface area contributed by atoms with Crippen LogP contribution in [0.3, 0.4) is 0 Å². The molecule has 1 heterocycles. The summed E-state index contributed by atoms with van der Waals surface area (Å²) in [5.41, 5.74) is 2.39. The van der Waals surface area contributed by atoms with Crippen LogP contribution in [0.15, 0.2) is 35.9 Å². The summed E-state index contributed by atoms with van der Waals surface area (Å²) in [6.07, 6.45) is -0.146. The lowest BCUT2D eigenvalue weighted by atomic mass is 9.73. The van der Waals surface area contributed by atoms with Crippen LogP contribution in [0, 0.1) is 5.41 Å². The van der Waals surface area contributed by atoms with E-state index in [2.05, 4.69) is 32.9 Å². The van der Waals surface area contributed by atoms with Crippen LogP contribution in [-0.4, -0.2) is 17.7 Å². The molecule has 0 radical (unpaired) electrons. The number of rotatable bonds is 0. The number of fused-ring (bicyclic) bond motifs is 4. The molecule has 26 heavy (non-hydrogen) atoms. The lowest BCUT2D eigenvalue weighted by Crippen LogP contribution is -2.32. The zero-order chi connectivity index (χ0) is 19.0. The van der Waals surface area contributed by atoms with Crippen molar-refractivity contribution in [3.05, 3.63) is 52.6 Å². The van der Waals surface area contributed by atoms with Gasteiger partial charge in [0.25, 0.3) is 0 Å². The van der Waals surface area contributed by atoms with Crippen LogP contribution in [0.2, 0.25) is 0 Å². The molecule has 3 nitrogen and oxygen atoms in total. The Morgan fingerprint density at radius 3 is 2.31 bits per heavy atom. The Hall–Kier alpha value is -2.42. The molecule has 0 spiro atoms. The van der Waals surface area contributed by atoms with Gasteiger partial charge in [-0.2, -0.15) is 0 Å². The van der Waals surface area contributed by atoms with Gasteiger partial charge in [-0.3, -0.25) is 9.59 Å². The van der Waals surface area contributed by atoms with Crippen molar-refractivity contribution in [2.45, 2.75) is 53.1 Å². The molecule has 0 amide bonds. The monoisotopic (exact) mass is 348 g/mol. The van der Waals surface area contributed by atoms with Gasteiger partial charge in [-0.1, -0.05) is 52.8 Å². The van der Waals surface area contributed by atoms with E-state index in [1.807, 2.05) is 39.0 Å². The van der Waals surface area contributed by atoms with Crippen molar-refractivity contribution < 1.29 is 14.3 Å². The van der Waals surface area contributed by atoms with Crippen LogP contribution < -0.4 is 0 Å². The predicted octanol–water partition coefficient (Wildman–Crippen LogP) is 5.06. The molecule has 0 saturated carbocycles. The maximum Gasteiger partial charge on any atom is 0.234 e. The summed E-state index contributed by atoms with van der Waals surface area (Å²) in [5.74, 6) is -0.248. The first kappa shape index (κ1) is 17.0. The fourth-order valence-corrected chi connectivity index (χ4v) is 3.92. The van der Waals surface area contributed by atoms with Crippen LogP contribution in [-0.2, 0) is 14.9 Å². The van der Waals surface area contributed by atoms with E-state index in [0.717, 1.165) is 21.9 Å². The molecule has 2 aromatic rings. The van der Waals surface area contributed by atoms with E-state index in [4.69, 9.17) is 4.74 Å². The summed E-state index contributed by atoms with van der Waals surface area (Å²) in [7, 11) is 0. The Kier molecular flexibility index (Phi) is 3.31. The van der Waals surface area contributed by atoms with E-state index in [-0.39, 0.29) is 11.5 Å². The van der Waals surface area contributed by atoms with E-state index >= 15 is 0 Å². The normalized spacial score (nSPS) is 21.7. The SMILES string of the molecule is CC1OC2=C(C(=O)C(=O)c3c2ccc2ccc(C(C)(C)C)cc32)C1(C)C. The van der Waals surface area contributed by atoms with E-state index in [1.54, 1.807) is 0 Å². The van der Waals surface area contributed by atoms with Gasteiger partial charge in [-0.15, -0.1) is 0 Å². The molecule has 0 aromatic heterocycles. The molecule has 2 aliphatic rings. The Morgan fingerprint density at radius 2 is 1.65 bits per heavy atom. The third-order valence-electron chi connectivity index (χ3n) is 5.97. The van der Waals surface area contributed by atoms with Crippen LogP contribution in [0.25, 0.3) is 16.5 Å². The highest BCUT2D eigenvalue weighted by molar-refractivity contribution is 6.54. The molecule has 0 fully saturated rings. The molecule has 2 aromatic carbocycles. The van der Waals surface area contributed by atoms with Gasteiger partial charge in [0, 0.05) is 16.5 Å². The van der Waals surface area contributed by atoms with Gasteiger partial charge in [0.2, 0.25) is 11.6 Å².